The summed E-state index contributed by atoms with van der Waals surface area (Å²) >= 11 is 5.74. The van der Waals surface area contributed by atoms with E-state index in [9.17, 15) is 9.59 Å². The van der Waals surface area contributed by atoms with E-state index in [1.165, 1.54) is 6.07 Å². The van der Waals surface area contributed by atoms with Crippen LogP contribution in [-0.2, 0) is 6.54 Å². The molecule has 18 heavy (non-hydrogen) atoms. The Bertz CT molecular complexity index is 632. The molecule has 0 aliphatic heterocycles. The van der Waals surface area contributed by atoms with E-state index in [1.54, 1.807) is 37.4 Å². The van der Waals surface area contributed by atoms with Crippen LogP contribution in [0.3, 0.4) is 0 Å². The highest BCUT2D eigenvalue weighted by atomic mass is 35.5. The van der Waals surface area contributed by atoms with Crippen molar-refractivity contribution in [3.05, 3.63) is 63.0 Å². The van der Waals surface area contributed by atoms with Gasteiger partial charge in [0.15, 0.2) is 5.78 Å². The second-order valence-corrected chi connectivity index (χ2v) is 4.40. The maximum absolute atomic E-state index is 11.9. The number of hydrogen-bond acceptors (Lipinski definition) is 3. The van der Waals surface area contributed by atoms with Gasteiger partial charge in [0.25, 0.3) is 5.56 Å². The molecule has 0 bridgehead atoms. The number of Topliss-reactive ketones (excluding diaryl/α,β-unsaturated/α-hetero) is 1. The predicted molar refractivity (Wildman–Crippen MR) is 69.0 cm³/mol. The Hall–Kier alpha value is -1.94. The first-order chi connectivity index (χ1) is 8.56. The fourth-order valence-electron chi connectivity index (χ4n) is 1.51. The van der Waals surface area contributed by atoms with Crippen molar-refractivity contribution >= 4 is 17.4 Å². The monoisotopic (exact) mass is 262 g/mol. The maximum Gasteiger partial charge on any atom is 0.267 e. The molecule has 1 heterocycles. The van der Waals surface area contributed by atoms with Gasteiger partial charge in [0.05, 0.1) is 6.20 Å². The topological polar surface area (TPSA) is 52.0 Å². The van der Waals surface area contributed by atoms with Crippen LogP contribution in [0.5, 0.6) is 0 Å². The third-order valence-electron chi connectivity index (χ3n) is 2.47. The lowest BCUT2D eigenvalue weighted by atomic mass is 10.1. The van der Waals surface area contributed by atoms with Crippen molar-refractivity contribution in [3.8, 4) is 0 Å². The molecule has 1 aromatic heterocycles. The zero-order chi connectivity index (χ0) is 13.1. The van der Waals surface area contributed by atoms with Crippen molar-refractivity contribution < 1.29 is 4.79 Å². The summed E-state index contributed by atoms with van der Waals surface area (Å²) in [6.45, 7) is 1.71. The van der Waals surface area contributed by atoms with Crippen molar-refractivity contribution in [1.82, 2.24) is 9.78 Å². The number of aromatic nitrogens is 2. The Morgan fingerprint density at radius 3 is 2.61 bits per heavy atom. The number of nitrogens with zero attached hydrogens (tertiary/aromatic N) is 2. The molecular formula is C13H11ClN2O2. The lowest BCUT2D eigenvalue weighted by molar-refractivity contribution is 0.0965. The number of carbonyl (C=O) groups excluding carboxylic acids is 1. The molecule has 0 atom stereocenters. The number of halogens is 1. The molecule has 1 aromatic carbocycles. The summed E-state index contributed by atoms with van der Waals surface area (Å²) < 4.78 is 1.14. The molecule has 0 radical (unpaired) electrons. The number of carbonyl (C=O) groups is 1. The predicted octanol–water partition coefficient (Wildman–Crippen LogP) is 2.09. The van der Waals surface area contributed by atoms with Gasteiger partial charge in [-0.3, -0.25) is 9.59 Å². The highest BCUT2D eigenvalue weighted by Crippen LogP contribution is 2.10. The Balaban J connectivity index is 2.21. The fourth-order valence-corrected chi connectivity index (χ4v) is 1.63. The van der Waals surface area contributed by atoms with Crippen LogP contribution in [0.2, 0.25) is 5.02 Å². The van der Waals surface area contributed by atoms with Gasteiger partial charge in [-0.15, -0.1) is 0 Å². The molecule has 0 N–H and O–H groups in total. The van der Waals surface area contributed by atoms with Crippen LogP contribution >= 0.6 is 11.6 Å². The minimum absolute atomic E-state index is 0.0687. The van der Waals surface area contributed by atoms with Gasteiger partial charge < -0.3 is 0 Å². The van der Waals surface area contributed by atoms with Gasteiger partial charge >= 0.3 is 0 Å². The summed E-state index contributed by atoms with van der Waals surface area (Å²) in [6, 6.07) is 7.98. The maximum atomic E-state index is 11.9. The second-order valence-electron chi connectivity index (χ2n) is 3.96. The van der Waals surface area contributed by atoms with E-state index in [4.69, 9.17) is 11.6 Å². The summed E-state index contributed by atoms with van der Waals surface area (Å²) in [7, 11) is 0. The standard InChI is InChI=1S/C13H11ClN2O2/c1-9-6-13(18)16(15-7-9)8-12(17)10-2-4-11(14)5-3-10/h2-7H,8H2,1H3. The summed E-state index contributed by atoms with van der Waals surface area (Å²) in [5.74, 6) is -0.176. The van der Waals surface area contributed by atoms with E-state index in [0.717, 1.165) is 10.2 Å². The molecule has 0 saturated carbocycles. The second kappa shape index (κ2) is 5.14. The zero-order valence-corrected chi connectivity index (χ0v) is 10.5. The van der Waals surface area contributed by atoms with Crippen LogP contribution in [0.4, 0.5) is 0 Å². The minimum atomic E-state index is -0.280. The van der Waals surface area contributed by atoms with Gasteiger partial charge in [0.2, 0.25) is 0 Å². The molecule has 2 rings (SSSR count). The lowest BCUT2D eigenvalue weighted by Crippen LogP contribution is -2.26. The Morgan fingerprint density at radius 1 is 1.33 bits per heavy atom. The molecule has 0 fully saturated rings. The molecule has 4 nitrogen and oxygen atoms in total. The molecule has 0 spiro atoms. The Morgan fingerprint density at radius 2 is 2.00 bits per heavy atom. The Labute approximate surface area is 109 Å². The van der Waals surface area contributed by atoms with E-state index < -0.39 is 0 Å². The van der Waals surface area contributed by atoms with Crippen molar-refractivity contribution in [2.24, 2.45) is 0 Å². The summed E-state index contributed by atoms with van der Waals surface area (Å²) in [4.78, 5) is 23.5. The van der Waals surface area contributed by atoms with Crippen LogP contribution in [0.15, 0.2) is 41.3 Å². The first-order valence-electron chi connectivity index (χ1n) is 5.39. The average molecular weight is 263 g/mol. The van der Waals surface area contributed by atoms with Crippen LogP contribution < -0.4 is 5.56 Å². The highest BCUT2D eigenvalue weighted by Gasteiger charge is 2.08. The number of aryl methyl sites for hydroxylation is 1. The van der Waals surface area contributed by atoms with E-state index in [0.29, 0.717) is 10.6 Å². The average Bonchev–Trinajstić information content (AvgIpc) is 2.33. The summed E-state index contributed by atoms with van der Waals surface area (Å²) in [6.07, 6.45) is 1.55. The molecule has 0 aliphatic carbocycles. The number of benzene rings is 1. The van der Waals surface area contributed by atoms with Gasteiger partial charge in [0.1, 0.15) is 6.54 Å². The van der Waals surface area contributed by atoms with Crippen LogP contribution in [0.1, 0.15) is 15.9 Å². The van der Waals surface area contributed by atoms with Crippen molar-refractivity contribution in [1.29, 1.82) is 0 Å². The van der Waals surface area contributed by atoms with E-state index in [1.807, 2.05) is 0 Å². The normalized spacial score (nSPS) is 10.3. The Kier molecular flexibility index (Phi) is 3.58. The van der Waals surface area contributed by atoms with Crippen molar-refractivity contribution in [2.75, 3.05) is 0 Å². The highest BCUT2D eigenvalue weighted by molar-refractivity contribution is 6.30. The van der Waals surface area contributed by atoms with Crippen LogP contribution in [0, 0.1) is 6.92 Å². The van der Waals surface area contributed by atoms with Gasteiger partial charge in [-0.25, -0.2) is 4.68 Å². The number of ketones is 1. The molecule has 2 aromatic rings. The van der Waals surface area contributed by atoms with E-state index in [2.05, 4.69) is 5.10 Å². The third kappa shape index (κ3) is 2.84. The largest absolute Gasteiger partial charge is 0.292 e. The minimum Gasteiger partial charge on any atom is -0.292 e. The van der Waals surface area contributed by atoms with Gasteiger partial charge in [0, 0.05) is 16.7 Å². The zero-order valence-electron chi connectivity index (χ0n) is 9.76. The SMILES string of the molecule is Cc1cnn(CC(=O)c2ccc(Cl)cc2)c(=O)c1. The van der Waals surface area contributed by atoms with Crippen LogP contribution in [-0.4, -0.2) is 15.6 Å². The van der Waals surface area contributed by atoms with Gasteiger partial charge in [-0.05, 0) is 36.8 Å². The number of rotatable bonds is 3. The van der Waals surface area contributed by atoms with Crippen molar-refractivity contribution in [2.45, 2.75) is 13.5 Å². The number of hydrogen-bond donors (Lipinski definition) is 0. The van der Waals surface area contributed by atoms with E-state index >= 15 is 0 Å². The molecule has 0 aliphatic rings. The molecule has 0 unspecified atom stereocenters. The van der Waals surface area contributed by atoms with E-state index in [-0.39, 0.29) is 17.9 Å². The smallest absolute Gasteiger partial charge is 0.267 e. The summed E-state index contributed by atoms with van der Waals surface area (Å²) in [5, 5.41) is 4.48. The van der Waals surface area contributed by atoms with Gasteiger partial charge in [-0.1, -0.05) is 11.6 Å². The molecule has 0 saturated heterocycles. The third-order valence-corrected chi connectivity index (χ3v) is 2.72. The molecular weight excluding hydrogens is 252 g/mol. The summed E-state index contributed by atoms with van der Waals surface area (Å²) in [5.41, 5.74) is 1.00. The molecule has 0 amide bonds. The molecule has 92 valence electrons. The van der Waals surface area contributed by atoms with Gasteiger partial charge in [-0.2, -0.15) is 5.10 Å². The molecule has 5 heteroatoms. The fraction of sp³-hybridized carbons (Fsp3) is 0.154. The quantitative estimate of drug-likeness (QED) is 0.796. The van der Waals surface area contributed by atoms with Crippen molar-refractivity contribution in [3.63, 3.8) is 0 Å². The van der Waals surface area contributed by atoms with Crippen LogP contribution in [0.25, 0.3) is 0 Å². The first kappa shape index (κ1) is 12.5. The lowest BCUT2D eigenvalue weighted by Gasteiger charge is -2.04. The first-order valence-corrected chi connectivity index (χ1v) is 5.76.